The van der Waals surface area contributed by atoms with E-state index in [1.807, 2.05) is 13.0 Å². The molecule has 0 aliphatic heterocycles. The predicted molar refractivity (Wildman–Crippen MR) is 82.9 cm³/mol. The van der Waals surface area contributed by atoms with Crippen molar-refractivity contribution >= 4 is 5.97 Å². The van der Waals surface area contributed by atoms with Crippen LogP contribution in [0.2, 0.25) is 0 Å². The fourth-order valence-corrected chi connectivity index (χ4v) is 3.48. The quantitative estimate of drug-likeness (QED) is 0.931. The highest BCUT2D eigenvalue weighted by Crippen LogP contribution is 2.30. The van der Waals surface area contributed by atoms with Crippen molar-refractivity contribution in [2.75, 3.05) is 0 Å². The lowest BCUT2D eigenvalue weighted by Gasteiger charge is -2.16. The van der Waals surface area contributed by atoms with E-state index >= 15 is 0 Å². The predicted octanol–water partition coefficient (Wildman–Crippen LogP) is 3.62. The summed E-state index contributed by atoms with van der Waals surface area (Å²) >= 11 is 0. The highest BCUT2D eigenvalue weighted by atomic mass is 16.4. The number of rotatable bonds is 4. The van der Waals surface area contributed by atoms with Gasteiger partial charge in [0.25, 0.3) is 0 Å². The van der Waals surface area contributed by atoms with Gasteiger partial charge in [-0.2, -0.15) is 0 Å². The standard InChI is InChI=1S/C18H21NO2/c1-13-17(18(20)21)15-9-5-6-10-16(15)19(13)12-11-14-7-3-2-4-8-14/h2-4,7-8H,5-6,9-12H2,1H3,(H,20,21). The van der Waals surface area contributed by atoms with Crippen LogP contribution in [0.25, 0.3) is 0 Å². The van der Waals surface area contributed by atoms with Crippen LogP contribution >= 0.6 is 0 Å². The topological polar surface area (TPSA) is 42.2 Å². The highest BCUT2D eigenvalue weighted by Gasteiger charge is 2.25. The van der Waals surface area contributed by atoms with Crippen molar-refractivity contribution in [2.24, 2.45) is 0 Å². The van der Waals surface area contributed by atoms with Crippen molar-refractivity contribution in [2.45, 2.75) is 45.6 Å². The van der Waals surface area contributed by atoms with Gasteiger partial charge in [0.1, 0.15) is 0 Å². The van der Waals surface area contributed by atoms with E-state index in [9.17, 15) is 9.90 Å². The molecular weight excluding hydrogens is 262 g/mol. The van der Waals surface area contributed by atoms with Gasteiger partial charge >= 0.3 is 5.97 Å². The Balaban J connectivity index is 1.93. The molecule has 3 nitrogen and oxygen atoms in total. The zero-order valence-electron chi connectivity index (χ0n) is 12.4. The summed E-state index contributed by atoms with van der Waals surface area (Å²) in [6.45, 7) is 2.82. The molecule has 1 aromatic heterocycles. The zero-order chi connectivity index (χ0) is 14.8. The molecule has 1 aromatic carbocycles. The molecule has 0 radical (unpaired) electrons. The van der Waals surface area contributed by atoms with Gasteiger partial charge in [0, 0.05) is 17.9 Å². The molecule has 0 unspecified atom stereocenters. The number of aromatic nitrogens is 1. The van der Waals surface area contributed by atoms with E-state index in [0.717, 1.165) is 43.5 Å². The first kappa shape index (κ1) is 13.9. The minimum Gasteiger partial charge on any atom is -0.478 e. The fourth-order valence-electron chi connectivity index (χ4n) is 3.48. The molecule has 21 heavy (non-hydrogen) atoms. The first-order valence-electron chi connectivity index (χ1n) is 7.66. The third kappa shape index (κ3) is 2.60. The van der Waals surface area contributed by atoms with Crippen molar-refractivity contribution in [1.82, 2.24) is 4.57 Å². The second-order valence-electron chi connectivity index (χ2n) is 5.79. The van der Waals surface area contributed by atoms with E-state index in [4.69, 9.17) is 0 Å². The van der Waals surface area contributed by atoms with Crippen molar-refractivity contribution in [1.29, 1.82) is 0 Å². The van der Waals surface area contributed by atoms with Crippen molar-refractivity contribution in [3.63, 3.8) is 0 Å². The maximum Gasteiger partial charge on any atom is 0.337 e. The molecule has 1 N–H and O–H groups in total. The number of hydrogen-bond donors (Lipinski definition) is 1. The third-order valence-corrected chi connectivity index (χ3v) is 4.51. The molecule has 1 aliphatic carbocycles. The number of fused-ring (bicyclic) bond motifs is 1. The number of carboxylic acids is 1. The molecule has 3 heteroatoms. The second kappa shape index (κ2) is 5.76. The fraction of sp³-hybridized carbons (Fsp3) is 0.389. The lowest BCUT2D eigenvalue weighted by molar-refractivity contribution is 0.0694. The summed E-state index contributed by atoms with van der Waals surface area (Å²) in [7, 11) is 0. The normalized spacial score (nSPS) is 14.0. The molecule has 1 aliphatic rings. The van der Waals surface area contributed by atoms with Gasteiger partial charge in [-0.05, 0) is 50.2 Å². The van der Waals surface area contributed by atoms with Crippen LogP contribution in [-0.2, 0) is 25.8 Å². The zero-order valence-corrected chi connectivity index (χ0v) is 12.4. The Bertz CT molecular complexity index is 656. The maximum atomic E-state index is 11.6. The summed E-state index contributed by atoms with van der Waals surface area (Å²) in [5.74, 6) is -0.774. The Morgan fingerprint density at radius 2 is 1.90 bits per heavy atom. The summed E-state index contributed by atoms with van der Waals surface area (Å²) in [6, 6.07) is 10.4. The van der Waals surface area contributed by atoms with Crippen LogP contribution in [0.15, 0.2) is 30.3 Å². The Morgan fingerprint density at radius 3 is 2.62 bits per heavy atom. The third-order valence-electron chi connectivity index (χ3n) is 4.51. The number of nitrogens with zero attached hydrogens (tertiary/aromatic N) is 1. The second-order valence-corrected chi connectivity index (χ2v) is 5.79. The van der Waals surface area contributed by atoms with Crippen LogP contribution in [-0.4, -0.2) is 15.6 Å². The lowest BCUT2D eigenvalue weighted by atomic mass is 9.94. The van der Waals surface area contributed by atoms with Crippen LogP contribution in [0.4, 0.5) is 0 Å². The monoisotopic (exact) mass is 283 g/mol. The van der Waals surface area contributed by atoms with E-state index < -0.39 is 5.97 Å². The van der Waals surface area contributed by atoms with E-state index in [-0.39, 0.29) is 0 Å². The number of aryl methyl sites for hydroxylation is 1. The van der Waals surface area contributed by atoms with E-state index in [1.165, 1.54) is 17.7 Å². The molecule has 2 aromatic rings. The Labute approximate surface area is 125 Å². The van der Waals surface area contributed by atoms with Crippen LogP contribution in [0.5, 0.6) is 0 Å². The van der Waals surface area contributed by atoms with Crippen molar-refractivity contribution in [3.05, 3.63) is 58.4 Å². The average Bonchev–Trinajstić information content (AvgIpc) is 2.78. The molecule has 0 fully saturated rings. The average molecular weight is 283 g/mol. The van der Waals surface area contributed by atoms with Gasteiger partial charge in [0.05, 0.1) is 5.56 Å². The van der Waals surface area contributed by atoms with Gasteiger partial charge in [-0.25, -0.2) is 4.79 Å². The largest absolute Gasteiger partial charge is 0.478 e. The molecule has 0 spiro atoms. The van der Waals surface area contributed by atoms with E-state index in [0.29, 0.717) is 5.56 Å². The van der Waals surface area contributed by atoms with Gasteiger partial charge in [0.2, 0.25) is 0 Å². The molecule has 0 amide bonds. The molecule has 0 atom stereocenters. The smallest absolute Gasteiger partial charge is 0.337 e. The maximum absolute atomic E-state index is 11.6. The summed E-state index contributed by atoms with van der Waals surface area (Å²) in [5.41, 5.74) is 5.11. The van der Waals surface area contributed by atoms with Crippen LogP contribution < -0.4 is 0 Å². The van der Waals surface area contributed by atoms with Gasteiger partial charge < -0.3 is 9.67 Å². The number of hydrogen-bond acceptors (Lipinski definition) is 1. The number of carbonyl (C=O) groups is 1. The molecule has 0 bridgehead atoms. The number of carboxylic acid groups (broad SMARTS) is 1. The van der Waals surface area contributed by atoms with E-state index in [2.05, 4.69) is 28.8 Å². The van der Waals surface area contributed by atoms with Crippen molar-refractivity contribution in [3.8, 4) is 0 Å². The van der Waals surface area contributed by atoms with Crippen LogP contribution in [0, 0.1) is 6.92 Å². The molecule has 1 heterocycles. The first-order chi connectivity index (χ1) is 10.2. The summed E-state index contributed by atoms with van der Waals surface area (Å²) in [4.78, 5) is 11.6. The molecule has 0 saturated carbocycles. The first-order valence-corrected chi connectivity index (χ1v) is 7.66. The van der Waals surface area contributed by atoms with Gasteiger partial charge in [-0.3, -0.25) is 0 Å². The molecule has 110 valence electrons. The number of aromatic carboxylic acids is 1. The molecular formula is C18H21NO2. The number of benzene rings is 1. The van der Waals surface area contributed by atoms with Crippen LogP contribution in [0.3, 0.4) is 0 Å². The minimum absolute atomic E-state index is 0.553. The Kier molecular flexibility index (Phi) is 3.82. The van der Waals surface area contributed by atoms with Crippen molar-refractivity contribution < 1.29 is 9.90 Å². The van der Waals surface area contributed by atoms with Crippen LogP contribution in [0.1, 0.15) is 45.7 Å². The molecule has 0 saturated heterocycles. The molecule has 3 rings (SSSR count). The SMILES string of the molecule is Cc1c(C(=O)O)c2c(n1CCc1ccccc1)CCCC2. The Hall–Kier alpha value is -2.03. The van der Waals surface area contributed by atoms with Gasteiger partial charge in [-0.15, -0.1) is 0 Å². The highest BCUT2D eigenvalue weighted by molar-refractivity contribution is 5.91. The minimum atomic E-state index is -0.774. The summed E-state index contributed by atoms with van der Waals surface area (Å²) < 4.78 is 2.24. The summed E-state index contributed by atoms with van der Waals surface area (Å²) in [5, 5.41) is 9.51. The lowest BCUT2D eigenvalue weighted by Crippen LogP contribution is -2.11. The Morgan fingerprint density at radius 1 is 1.19 bits per heavy atom. The summed E-state index contributed by atoms with van der Waals surface area (Å²) in [6.07, 6.45) is 5.15. The van der Waals surface area contributed by atoms with Gasteiger partial charge in [-0.1, -0.05) is 30.3 Å². The van der Waals surface area contributed by atoms with Gasteiger partial charge in [0.15, 0.2) is 0 Å². The van der Waals surface area contributed by atoms with E-state index in [1.54, 1.807) is 0 Å².